The van der Waals surface area contributed by atoms with E-state index < -0.39 is 17.2 Å². The Kier molecular flexibility index (Phi) is 23.0. The van der Waals surface area contributed by atoms with E-state index in [-0.39, 0.29) is 62.7 Å². The third-order valence-electron chi connectivity index (χ3n) is 9.65. The fourth-order valence-electron chi connectivity index (χ4n) is 6.89. The van der Waals surface area contributed by atoms with Gasteiger partial charge in [-0.1, -0.05) is 62.8 Å². The van der Waals surface area contributed by atoms with Crippen molar-refractivity contribution in [2.75, 3.05) is 69.1 Å². The number of hydrogen-bond acceptors (Lipinski definition) is 8. The summed E-state index contributed by atoms with van der Waals surface area (Å²) in [6.07, 6.45) is 10.7. The maximum Gasteiger partial charge on any atom is 2.00 e. The number of nitrogens with one attached hydrogen (secondary N) is 1. The molecule has 11 nitrogen and oxygen atoms in total. The molecule has 2 saturated carbocycles. The molecule has 2 fully saturated rings. The van der Waals surface area contributed by atoms with Crippen molar-refractivity contribution in [1.82, 2.24) is 14.7 Å². The summed E-state index contributed by atoms with van der Waals surface area (Å²) in [6, 6.07) is 16.3. The molecule has 2 aliphatic carbocycles. The van der Waals surface area contributed by atoms with Gasteiger partial charge in [-0.2, -0.15) is 0 Å². The number of likely N-dealkylation sites (N-methyl/N-ethyl adjacent to an activating group) is 3. The minimum atomic E-state index is -0.993. The van der Waals surface area contributed by atoms with Gasteiger partial charge in [0.2, 0.25) is 0 Å². The van der Waals surface area contributed by atoms with E-state index in [4.69, 9.17) is 25.7 Å². The number of aliphatic carboxylic acids is 1. The average molecular weight is 749 g/mol. The van der Waals surface area contributed by atoms with Crippen LogP contribution in [-0.4, -0.2) is 145 Å². The summed E-state index contributed by atoms with van der Waals surface area (Å²) in [7, 11) is 13.1. The Hall–Kier alpha value is -2.32. The Morgan fingerprint density at radius 2 is 1.06 bits per heavy atom. The van der Waals surface area contributed by atoms with Gasteiger partial charge in [0.1, 0.15) is 18.0 Å². The number of nitrogens with zero attached hydrogens (tertiary/aromatic N) is 3. The van der Waals surface area contributed by atoms with Gasteiger partial charge in [0, 0.05) is 32.0 Å². The molecule has 0 aliphatic heterocycles. The van der Waals surface area contributed by atoms with Crippen LogP contribution in [0.2, 0.25) is 0 Å². The van der Waals surface area contributed by atoms with Crippen LogP contribution in [0, 0.1) is 5.41 Å². The molecule has 2 unspecified atom stereocenters. The number of rotatable bonds is 12. The van der Waals surface area contributed by atoms with E-state index in [1.54, 1.807) is 14.2 Å². The van der Waals surface area contributed by atoms with Crippen LogP contribution < -0.4 is 15.2 Å². The number of guanidine groups is 1. The second kappa shape index (κ2) is 24.1. The summed E-state index contributed by atoms with van der Waals surface area (Å²) in [5.41, 5.74) is 6.24. The van der Waals surface area contributed by atoms with Crippen LogP contribution >= 0.6 is 12.4 Å². The van der Waals surface area contributed by atoms with Crippen LogP contribution in [0.4, 0.5) is 0 Å². The van der Waals surface area contributed by atoms with Gasteiger partial charge in [0.25, 0.3) is 0 Å². The third-order valence-corrected chi connectivity index (χ3v) is 9.65. The summed E-state index contributed by atoms with van der Waals surface area (Å²) in [5.74, 6) is 0.846. The zero-order valence-corrected chi connectivity index (χ0v) is 34.3. The van der Waals surface area contributed by atoms with Crippen molar-refractivity contribution < 1.29 is 32.4 Å². The number of carboxylic acid groups (broad SMARTS) is 1. The van der Waals surface area contributed by atoms with E-state index in [1.165, 1.54) is 31.0 Å². The molecule has 0 saturated heterocycles. The van der Waals surface area contributed by atoms with Crippen LogP contribution in [0.3, 0.4) is 0 Å². The summed E-state index contributed by atoms with van der Waals surface area (Å²) < 4.78 is 10.5. The monoisotopic (exact) mass is 747 g/mol. The van der Waals surface area contributed by atoms with E-state index in [1.807, 2.05) is 24.3 Å². The molecule has 0 heterocycles. The van der Waals surface area contributed by atoms with Crippen molar-refractivity contribution in [3.05, 3.63) is 59.7 Å². The number of benzene rings is 2. The van der Waals surface area contributed by atoms with Gasteiger partial charge in [0.05, 0.1) is 25.4 Å². The van der Waals surface area contributed by atoms with Gasteiger partial charge in [-0.15, -0.1) is 12.4 Å². The van der Waals surface area contributed by atoms with Crippen LogP contribution in [0.15, 0.2) is 48.5 Å². The van der Waals surface area contributed by atoms with E-state index in [2.05, 4.69) is 62.3 Å². The molecule has 4 rings (SSSR count). The second-order valence-electron chi connectivity index (χ2n) is 14.1. The predicted octanol–water partition coefficient (Wildman–Crippen LogP) is 5.23. The zero-order valence-electron chi connectivity index (χ0n) is 34.1. The topological polar surface area (TPSA) is 156 Å². The van der Waals surface area contributed by atoms with Crippen LogP contribution in [0.5, 0.6) is 11.5 Å². The fourth-order valence-corrected chi connectivity index (χ4v) is 6.89. The first kappa shape index (κ1) is 48.7. The molecule has 2 aromatic rings. The number of methoxy groups -OCH3 is 2. The van der Waals surface area contributed by atoms with Crippen molar-refractivity contribution in [2.24, 2.45) is 5.73 Å². The van der Waals surface area contributed by atoms with Crippen LogP contribution in [0.25, 0.3) is 0 Å². The number of hydrogen-bond donors (Lipinski definition) is 5. The Morgan fingerprint density at radius 1 is 0.745 bits per heavy atom. The molecule has 51 heavy (non-hydrogen) atoms. The van der Waals surface area contributed by atoms with Gasteiger partial charge in [0.15, 0.2) is 5.96 Å². The third kappa shape index (κ3) is 16.5. The minimum Gasteiger partial charge on any atom is -1.00 e. The smallest absolute Gasteiger partial charge is 1.00 e. The summed E-state index contributed by atoms with van der Waals surface area (Å²) in [5, 5.41) is 37.1. The minimum absolute atomic E-state index is 0. The fraction of sp³-hybridized carbons (Fsp3) is 0.632. The first-order chi connectivity index (χ1) is 23.1. The quantitative estimate of drug-likeness (QED) is 0.111. The molecule has 288 valence electrons. The largest absolute Gasteiger partial charge is 2.00 e. The Labute approximate surface area is 331 Å². The van der Waals surface area contributed by atoms with E-state index >= 15 is 0 Å². The molecule has 0 radical (unpaired) electrons. The Morgan fingerprint density at radius 3 is 1.27 bits per heavy atom. The first-order valence-corrected chi connectivity index (χ1v) is 17.4. The normalized spacial score (nSPS) is 17.1. The maximum absolute atomic E-state index is 11.1. The van der Waals surface area contributed by atoms with E-state index in [0.717, 1.165) is 80.9 Å². The number of carbonyl (C=O) groups is 1. The molecule has 6 N–H and O–H groups in total. The average Bonchev–Trinajstić information content (AvgIpc) is 3.07. The molecule has 13 heteroatoms. The van der Waals surface area contributed by atoms with Gasteiger partial charge < -0.3 is 48.1 Å². The van der Waals surface area contributed by atoms with Crippen molar-refractivity contribution in [2.45, 2.75) is 87.2 Å². The number of ether oxygens (including phenoxy) is 2. The van der Waals surface area contributed by atoms with Gasteiger partial charge in [-0.3, -0.25) is 10.2 Å². The van der Waals surface area contributed by atoms with Gasteiger partial charge in [-0.05, 0) is 89.3 Å². The molecule has 0 bridgehead atoms. The van der Waals surface area contributed by atoms with Crippen LogP contribution in [-0.2, 0) is 4.79 Å². The number of carboxylic acids is 1. The van der Waals surface area contributed by atoms with Crippen molar-refractivity contribution in [3.63, 3.8) is 0 Å². The van der Waals surface area contributed by atoms with Crippen molar-refractivity contribution in [1.29, 1.82) is 5.41 Å². The zero-order chi connectivity index (χ0) is 36.6. The molecule has 0 spiro atoms. The molecular weight excluding hydrogens is 682 g/mol. The number of halogens is 1. The summed E-state index contributed by atoms with van der Waals surface area (Å²) >= 11 is 0. The predicted molar refractivity (Wildman–Crippen MR) is 212 cm³/mol. The summed E-state index contributed by atoms with van der Waals surface area (Å²) in [4.78, 5) is 15.4. The van der Waals surface area contributed by atoms with Crippen LogP contribution in [0.1, 0.15) is 90.0 Å². The standard InChI is InChI=1S/2C17H27NO2.C4H9N3O2.ClH.Mg.2H/c2*1-18(2)13-16(17(19)11-5-4-6-12-17)14-7-9-15(20-3)10-8-14;1-7(4(5)6)2-3(8)9;;;;/h2*7-10,16,19H,4-6,11-13H2,1-3H3;2H2,1H3,(H3,5,6)(H,8,9);1H;;;/q;;;;+2;2*-1. The number of nitrogens with two attached hydrogens (primary N) is 1. The molecular formula is C38H66ClMgN5O6. The SMILES string of the molecule is CN(CC(=O)O)C(=N)N.COc1ccc(C(CN(C)C)C2(O)CCCCC2)cc1.COc1ccc(C(CN(C)C)C2(O)CCCCC2)cc1.Cl.[H-].[H-].[Mg+2]. The first-order valence-electron chi connectivity index (χ1n) is 17.4. The van der Waals surface area contributed by atoms with Gasteiger partial charge in [-0.25, -0.2) is 0 Å². The molecule has 0 aromatic heterocycles. The number of aliphatic hydroxyl groups is 2. The molecule has 2 aliphatic rings. The van der Waals surface area contributed by atoms with Crippen molar-refractivity contribution in [3.8, 4) is 11.5 Å². The van der Waals surface area contributed by atoms with Crippen molar-refractivity contribution >= 4 is 47.4 Å². The molecule has 0 amide bonds. The molecule has 2 atom stereocenters. The summed E-state index contributed by atoms with van der Waals surface area (Å²) in [6.45, 7) is 1.53. The second-order valence-corrected chi connectivity index (χ2v) is 14.1. The molecule has 2 aromatic carbocycles. The maximum atomic E-state index is 11.1. The Bertz CT molecular complexity index is 1190. The Balaban J connectivity index is -0.000000727. The van der Waals surface area contributed by atoms with E-state index in [0.29, 0.717) is 0 Å². The van der Waals surface area contributed by atoms with E-state index in [9.17, 15) is 15.0 Å². The van der Waals surface area contributed by atoms with Gasteiger partial charge >= 0.3 is 29.0 Å².